The first kappa shape index (κ1) is 37.2. The molecule has 6 heterocycles. The van der Waals surface area contributed by atoms with E-state index in [0.29, 0.717) is 12.8 Å². The number of fused-ring (bicyclic) bond motifs is 10. The Bertz CT molecular complexity index is 1770. The highest BCUT2D eigenvalue weighted by molar-refractivity contribution is 6.74. The van der Waals surface area contributed by atoms with Gasteiger partial charge in [0.15, 0.2) is 16.6 Å². The predicted octanol–water partition coefficient (Wildman–Crippen LogP) is 5.53. The number of anilines is 2. The van der Waals surface area contributed by atoms with E-state index in [4.69, 9.17) is 8.85 Å². The fourth-order valence-corrected chi connectivity index (χ4v) is 16.6. The molecule has 14 heteroatoms. The van der Waals surface area contributed by atoms with Crippen molar-refractivity contribution in [2.24, 2.45) is 0 Å². The maximum Gasteiger partial charge on any atom is 0.247 e. The summed E-state index contributed by atoms with van der Waals surface area (Å²) < 4.78 is 15.0. The molecule has 4 N–H and O–H groups in total. The van der Waals surface area contributed by atoms with Gasteiger partial charge in [-0.05, 0) is 85.5 Å². The van der Waals surface area contributed by atoms with E-state index in [2.05, 4.69) is 99.2 Å². The van der Waals surface area contributed by atoms with Gasteiger partial charge in [-0.15, -0.1) is 0 Å². The monoisotopic (exact) mass is 772 g/mol. The summed E-state index contributed by atoms with van der Waals surface area (Å²) in [6.45, 7) is 16.7. The van der Waals surface area contributed by atoms with Crippen LogP contribution in [0.1, 0.15) is 79.4 Å². The van der Waals surface area contributed by atoms with Crippen molar-refractivity contribution in [3.05, 3.63) is 47.5 Å². The number of amides is 4. The molecular formula is C40H56N6O6Si2. The van der Waals surface area contributed by atoms with E-state index in [0.717, 1.165) is 69.9 Å². The summed E-state index contributed by atoms with van der Waals surface area (Å²) in [7, 11) is -4.54. The van der Waals surface area contributed by atoms with E-state index in [9.17, 15) is 19.2 Å². The van der Waals surface area contributed by atoms with Gasteiger partial charge in [-0.25, -0.2) is 0 Å². The molecule has 0 radical (unpaired) electrons. The number of nitrogens with zero attached hydrogens (tertiary/aromatic N) is 2. The van der Waals surface area contributed by atoms with Crippen LogP contribution in [0.3, 0.4) is 0 Å². The first-order valence-corrected chi connectivity index (χ1v) is 25.3. The fraction of sp³-hybridized carbons (Fsp3) is 0.600. The van der Waals surface area contributed by atoms with Gasteiger partial charge in [0.1, 0.15) is 47.7 Å². The number of benzene rings is 2. The van der Waals surface area contributed by atoms with Crippen LogP contribution >= 0.6 is 0 Å². The van der Waals surface area contributed by atoms with Crippen LogP contribution < -0.4 is 21.3 Å². The summed E-state index contributed by atoms with van der Waals surface area (Å²) in [5, 5.41) is 13.1. The summed E-state index contributed by atoms with van der Waals surface area (Å²) in [6.07, 6.45) is -0.222. The molecule has 6 aliphatic rings. The van der Waals surface area contributed by atoms with Gasteiger partial charge in [0.05, 0.1) is 0 Å². The first-order valence-electron chi connectivity index (χ1n) is 20.3. The number of carbonyl (C=O) groups excluding carboxylic acids is 4. The van der Waals surface area contributed by atoms with Crippen LogP contribution in [-0.2, 0) is 39.2 Å². The Kier molecular flexibility index (Phi) is 8.90. The lowest BCUT2D eigenvalue weighted by atomic mass is 9.86. The van der Waals surface area contributed by atoms with Gasteiger partial charge >= 0.3 is 0 Å². The summed E-state index contributed by atoms with van der Waals surface area (Å²) >= 11 is 0. The number of nitrogens with one attached hydrogen (secondary N) is 4. The summed E-state index contributed by atoms with van der Waals surface area (Å²) in [5.74, 6) is -0.471. The lowest BCUT2D eigenvalue weighted by Gasteiger charge is -2.42. The van der Waals surface area contributed by atoms with Crippen molar-refractivity contribution in [3.63, 3.8) is 0 Å². The van der Waals surface area contributed by atoms with E-state index >= 15 is 0 Å². The Hall–Kier alpha value is -3.73. The van der Waals surface area contributed by atoms with Gasteiger partial charge in [-0.3, -0.25) is 19.2 Å². The molecule has 12 nitrogen and oxygen atoms in total. The van der Waals surface area contributed by atoms with Crippen molar-refractivity contribution in [2.75, 3.05) is 10.6 Å². The SMILES string of the molecule is CC[Si](CC)(CC)O[C@]12C[C@H]3C(=O)N[C@@H](C)C(=O)N3[C@H]1Nc1ccc(-c3ccc4c(c3)[C@@]3(O[Si](CC)(CC)CC)C[C@H]5C(=O)N[C@@H](C)C(=O)N5[C@H]3N4)cc12. The number of carbonyl (C=O) groups is 4. The van der Waals surface area contributed by atoms with Crippen LogP contribution in [0.25, 0.3) is 11.1 Å². The molecular weight excluding hydrogens is 717 g/mol. The third-order valence-electron chi connectivity index (χ3n) is 14.2. The maximum absolute atomic E-state index is 13.8. The minimum absolute atomic E-state index is 0.0985. The van der Waals surface area contributed by atoms with Crippen molar-refractivity contribution in [1.29, 1.82) is 0 Å². The van der Waals surface area contributed by atoms with Gasteiger partial charge in [-0.2, -0.15) is 0 Å². The standard InChI is InChI=1S/C40H56N6O6Si2/c1-9-53(10-2,11-3)51-39-21-31-33(47)41-23(7)35(49)45(31)37(39)43-29-17-15-25(19-27(29)39)26-16-18-30-28(20-26)40(52-54(12-4,13-5)14-6)22-32-34(48)42-24(8)36(50)46(32)38(40)44-30/h15-20,23-24,31-32,37-38,43-44H,9-14,21-22H2,1-8H3,(H,41,47)(H,42,48)/t23-,24-,31-,32-,37+,38+,39-,40-/m0/s1. The zero-order chi connectivity index (χ0) is 38.5. The molecule has 0 saturated carbocycles. The summed E-state index contributed by atoms with van der Waals surface area (Å²) in [6, 6.07) is 15.9. The molecule has 0 spiro atoms. The van der Waals surface area contributed by atoms with Crippen LogP contribution in [0.15, 0.2) is 36.4 Å². The van der Waals surface area contributed by atoms with Crippen LogP contribution in [0.4, 0.5) is 11.4 Å². The molecule has 0 unspecified atom stereocenters. The Labute approximate surface area is 320 Å². The third kappa shape index (κ3) is 5.04. The Morgan fingerprint density at radius 2 is 0.944 bits per heavy atom. The maximum atomic E-state index is 13.8. The number of piperazine rings is 2. The second-order valence-corrected chi connectivity index (χ2v) is 25.9. The molecule has 0 aromatic heterocycles. The second kappa shape index (κ2) is 12.9. The molecule has 0 aliphatic carbocycles. The normalized spacial score (nSPS) is 32.2. The van der Waals surface area contributed by atoms with E-state index in [1.807, 2.05) is 0 Å². The van der Waals surface area contributed by atoms with Crippen molar-refractivity contribution in [3.8, 4) is 11.1 Å². The molecule has 2 aromatic rings. The van der Waals surface area contributed by atoms with Crippen molar-refractivity contribution >= 4 is 51.6 Å². The molecule has 8 rings (SSSR count). The topological polar surface area (TPSA) is 141 Å². The highest BCUT2D eigenvalue weighted by Gasteiger charge is 2.67. The quantitative estimate of drug-likeness (QED) is 0.219. The van der Waals surface area contributed by atoms with Crippen LogP contribution in [0.2, 0.25) is 36.3 Å². The van der Waals surface area contributed by atoms with E-state index in [-0.39, 0.29) is 23.6 Å². The number of rotatable bonds is 11. The molecule has 4 fully saturated rings. The Balaban J connectivity index is 1.25. The lowest BCUT2D eigenvalue weighted by Crippen LogP contribution is -2.63. The Morgan fingerprint density at radius 1 is 0.593 bits per heavy atom. The van der Waals surface area contributed by atoms with Gasteiger partial charge < -0.3 is 39.9 Å². The highest BCUT2D eigenvalue weighted by Crippen LogP contribution is 2.57. The average molecular weight is 773 g/mol. The second-order valence-electron chi connectivity index (χ2n) is 16.5. The molecule has 0 bridgehead atoms. The van der Waals surface area contributed by atoms with Crippen LogP contribution in [0, 0.1) is 0 Å². The third-order valence-corrected chi connectivity index (χ3v) is 23.5. The zero-order valence-electron chi connectivity index (χ0n) is 32.9. The minimum Gasteiger partial charge on any atom is -0.403 e. The van der Waals surface area contributed by atoms with Gasteiger partial charge in [0.2, 0.25) is 23.6 Å². The molecule has 2 aromatic carbocycles. The molecule has 54 heavy (non-hydrogen) atoms. The summed E-state index contributed by atoms with van der Waals surface area (Å²) in [5.41, 5.74) is 3.98. The van der Waals surface area contributed by atoms with Crippen molar-refractivity contribution < 1.29 is 28.0 Å². The van der Waals surface area contributed by atoms with Gasteiger partial charge in [-0.1, -0.05) is 53.7 Å². The largest absolute Gasteiger partial charge is 0.403 e. The van der Waals surface area contributed by atoms with E-state index in [1.54, 1.807) is 23.6 Å². The summed E-state index contributed by atoms with van der Waals surface area (Å²) in [4.78, 5) is 58.0. The minimum atomic E-state index is -2.27. The molecule has 4 saturated heterocycles. The lowest BCUT2D eigenvalue weighted by molar-refractivity contribution is -0.148. The molecule has 8 atom stereocenters. The van der Waals surface area contributed by atoms with Crippen molar-refractivity contribution in [1.82, 2.24) is 20.4 Å². The van der Waals surface area contributed by atoms with E-state index in [1.165, 1.54) is 0 Å². The Morgan fingerprint density at radius 3 is 1.28 bits per heavy atom. The van der Waals surface area contributed by atoms with Crippen LogP contribution in [-0.4, -0.2) is 86.6 Å². The fourth-order valence-electron chi connectivity index (χ4n) is 10.6. The van der Waals surface area contributed by atoms with Crippen molar-refractivity contribution in [2.45, 2.75) is 152 Å². The van der Waals surface area contributed by atoms with Gasteiger partial charge in [0.25, 0.3) is 0 Å². The first-order chi connectivity index (χ1) is 25.8. The predicted molar refractivity (Wildman–Crippen MR) is 212 cm³/mol. The smallest absolute Gasteiger partial charge is 0.247 e. The number of hydrogen-bond donors (Lipinski definition) is 4. The van der Waals surface area contributed by atoms with Crippen LogP contribution in [0.5, 0.6) is 0 Å². The average Bonchev–Trinajstić information content (AvgIpc) is 3.87. The zero-order valence-corrected chi connectivity index (χ0v) is 34.9. The van der Waals surface area contributed by atoms with E-state index < -0.39 is 64.3 Å². The molecule has 6 aliphatic heterocycles. The van der Waals surface area contributed by atoms with Gasteiger partial charge in [0, 0.05) is 35.3 Å². The highest BCUT2D eigenvalue weighted by atomic mass is 28.4. The molecule has 290 valence electrons. The molecule has 4 amide bonds. The number of hydrogen-bond acceptors (Lipinski definition) is 8.